The van der Waals surface area contributed by atoms with Gasteiger partial charge in [-0.15, -0.1) is 0 Å². The van der Waals surface area contributed by atoms with Crippen molar-refractivity contribution >= 4 is 9.84 Å². The largest absolute Gasteiger partial charge is 0.390 e. The van der Waals surface area contributed by atoms with Crippen LogP contribution in [-0.4, -0.2) is 50.3 Å². The van der Waals surface area contributed by atoms with E-state index in [1.54, 1.807) is 0 Å². The van der Waals surface area contributed by atoms with Crippen LogP contribution in [0.5, 0.6) is 0 Å². The molecule has 0 aromatic heterocycles. The van der Waals surface area contributed by atoms with E-state index in [0.717, 1.165) is 0 Å². The minimum Gasteiger partial charge on any atom is -0.390 e. The zero-order valence-electron chi connectivity index (χ0n) is 6.73. The highest BCUT2D eigenvalue weighted by molar-refractivity contribution is 7.91. The molecular weight excluding hydrogens is 180 g/mol. The van der Waals surface area contributed by atoms with Crippen LogP contribution >= 0.6 is 0 Å². The molecule has 12 heavy (non-hydrogen) atoms. The Morgan fingerprint density at radius 3 is 2.58 bits per heavy atom. The van der Waals surface area contributed by atoms with Crippen molar-refractivity contribution in [3.63, 3.8) is 0 Å². The Bertz CT molecular complexity index is 239. The number of aliphatic hydroxyl groups is 1. The van der Waals surface area contributed by atoms with Crippen LogP contribution in [0.2, 0.25) is 0 Å². The summed E-state index contributed by atoms with van der Waals surface area (Å²) in [5.41, 5.74) is 5.23. The molecule has 4 N–H and O–H groups in total. The molecule has 72 valence electrons. The second-order valence-corrected chi connectivity index (χ2v) is 5.15. The first-order chi connectivity index (χ1) is 5.55. The maximum Gasteiger partial charge on any atom is 0.154 e. The van der Waals surface area contributed by atoms with Crippen LogP contribution < -0.4 is 11.1 Å². The summed E-state index contributed by atoms with van der Waals surface area (Å²) in [6.07, 6.45) is -0.776. The second-order valence-electron chi connectivity index (χ2n) is 2.99. The fourth-order valence-corrected chi connectivity index (χ4v) is 3.07. The van der Waals surface area contributed by atoms with Crippen molar-refractivity contribution in [2.75, 3.05) is 24.6 Å². The summed E-state index contributed by atoms with van der Waals surface area (Å²) in [7, 11) is -3.03. The molecule has 0 radical (unpaired) electrons. The van der Waals surface area contributed by atoms with Crippen molar-refractivity contribution in [1.82, 2.24) is 5.32 Å². The van der Waals surface area contributed by atoms with E-state index in [1.807, 2.05) is 0 Å². The van der Waals surface area contributed by atoms with Gasteiger partial charge in [-0.2, -0.15) is 0 Å². The summed E-state index contributed by atoms with van der Waals surface area (Å²) in [5.74, 6) is -0.108. The third kappa shape index (κ3) is 2.41. The van der Waals surface area contributed by atoms with E-state index in [4.69, 9.17) is 5.73 Å². The van der Waals surface area contributed by atoms with Gasteiger partial charge in [0.15, 0.2) is 9.84 Å². The van der Waals surface area contributed by atoms with Crippen molar-refractivity contribution in [3.8, 4) is 0 Å². The lowest BCUT2D eigenvalue weighted by molar-refractivity contribution is 0.167. The van der Waals surface area contributed by atoms with Crippen LogP contribution in [-0.2, 0) is 9.84 Å². The van der Waals surface area contributed by atoms with E-state index < -0.39 is 15.9 Å². The average molecular weight is 194 g/mol. The monoisotopic (exact) mass is 194 g/mol. The molecule has 1 aliphatic rings. The fourth-order valence-electron chi connectivity index (χ4n) is 1.29. The van der Waals surface area contributed by atoms with Gasteiger partial charge >= 0.3 is 0 Å². The van der Waals surface area contributed by atoms with Crippen molar-refractivity contribution in [3.05, 3.63) is 0 Å². The third-order valence-electron chi connectivity index (χ3n) is 1.87. The zero-order chi connectivity index (χ0) is 9.19. The molecule has 2 atom stereocenters. The van der Waals surface area contributed by atoms with E-state index in [-0.39, 0.29) is 17.5 Å². The van der Waals surface area contributed by atoms with Crippen LogP contribution in [0.15, 0.2) is 0 Å². The standard InChI is InChI=1S/C6H14N2O3S/c7-1-2-8-5-3-12(10,11)4-6(5)9/h5-6,8-9H,1-4,7H2. The summed E-state index contributed by atoms with van der Waals surface area (Å²) < 4.78 is 22.0. The summed E-state index contributed by atoms with van der Waals surface area (Å²) >= 11 is 0. The van der Waals surface area contributed by atoms with Crippen LogP contribution in [0, 0.1) is 0 Å². The lowest BCUT2D eigenvalue weighted by Crippen LogP contribution is -2.41. The second kappa shape index (κ2) is 3.69. The first-order valence-corrected chi connectivity index (χ1v) is 5.69. The molecule has 0 amide bonds. The molecule has 2 unspecified atom stereocenters. The third-order valence-corrected chi connectivity index (χ3v) is 3.59. The van der Waals surface area contributed by atoms with Crippen molar-refractivity contribution < 1.29 is 13.5 Å². The number of nitrogens with two attached hydrogens (primary N) is 1. The van der Waals surface area contributed by atoms with Gasteiger partial charge in [-0.25, -0.2) is 8.42 Å². The topological polar surface area (TPSA) is 92.4 Å². The van der Waals surface area contributed by atoms with Crippen molar-refractivity contribution in [2.45, 2.75) is 12.1 Å². The molecular formula is C6H14N2O3S. The Balaban J connectivity index is 2.47. The number of aliphatic hydroxyl groups excluding tert-OH is 1. The first-order valence-electron chi connectivity index (χ1n) is 3.87. The maximum atomic E-state index is 11.0. The molecule has 0 bridgehead atoms. The van der Waals surface area contributed by atoms with Gasteiger partial charge < -0.3 is 16.2 Å². The number of hydrogen-bond acceptors (Lipinski definition) is 5. The summed E-state index contributed by atoms with van der Waals surface area (Å²) in [5, 5.41) is 12.2. The summed E-state index contributed by atoms with van der Waals surface area (Å²) in [4.78, 5) is 0. The Hall–Kier alpha value is -0.170. The molecule has 0 aliphatic carbocycles. The molecule has 1 rings (SSSR count). The number of nitrogens with one attached hydrogen (secondary N) is 1. The van der Waals surface area contributed by atoms with E-state index >= 15 is 0 Å². The Morgan fingerprint density at radius 1 is 1.50 bits per heavy atom. The van der Waals surface area contributed by atoms with Gasteiger partial charge in [0.05, 0.1) is 17.6 Å². The molecule has 1 saturated heterocycles. The van der Waals surface area contributed by atoms with E-state index in [1.165, 1.54) is 0 Å². The molecule has 0 aromatic rings. The molecule has 1 aliphatic heterocycles. The maximum absolute atomic E-state index is 11.0. The van der Waals surface area contributed by atoms with Crippen LogP contribution in [0.4, 0.5) is 0 Å². The highest BCUT2D eigenvalue weighted by Crippen LogP contribution is 2.11. The van der Waals surface area contributed by atoms with Gasteiger partial charge in [0.2, 0.25) is 0 Å². The lowest BCUT2D eigenvalue weighted by atomic mass is 10.2. The molecule has 1 heterocycles. The number of sulfone groups is 1. The van der Waals surface area contributed by atoms with Gasteiger partial charge in [0.1, 0.15) is 0 Å². The fraction of sp³-hybridized carbons (Fsp3) is 1.00. The predicted molar refractivity (Wildman–Crippen MR) is 45.5 cm³/mol. The van der Waals surface area contributed by atoms with Gasteiger partial charge in [-0.05, 0) is 0 Å². The van der Waals surface area contributed by atoms with E-state index in [2.05, 4.69) is 5.32 Å². The SMILES string of the molecule is NCCNC1CS(=O)(=O)CC1O. The Morgan fingerprint density at radius 2 is 2.17 bits per heavy atom. The van der Waals surface area contributed by atoms with Gasteiger partial charge in [0, 0.05) is 19.1 Å². The molecule has 0 saturated carbocycles. The average Bonchev–Trinajstić information content (AvgIpc) is 2.20. The van der Waals surface area contributed by atoms with Crippen molar-refractivity contribution in [1.29, 1.82) is 0 Å². The quantitative estimate of drug-likeness (QED) is 0.469. The van der Waals surface area contributed by atoms with Gasteiger partial charge in [-0.3, -0.25) is 0 Å². The number of hydrogen-bond donors (Lipinski definition) is 3. The summed E-state index contributed by atoms with van der Waals surface area (Å²) in [6.45, 7) is 0.987. The molecule has 0 aromatic carbocycles. The number of rotatable bonds is 3. The predicted octanol–water partition coefficient (Wildman–Crippen LogP) is -2.31. The summed E-state index contributed by atoms with van der Waals surface area (Å²) in [6, 6.07) is -0.335. The van der Waals surface area contributed by atoms with E-state index in [9.17, 15) is 13.5 Å². The normalized spacial score (nSPS) is 33.8. The highest BCUT2D eigenvalue weighted by Gasteiger charge is 2.35. The molecule has 6 heteroatoms. The highest BCUT2D eigenvalue weighted by atomic mass is 32.2. The van der Waals surface area contributed by atoms with Gasteiger partial charge in [0.25, 0.3) is 0 Å². The Kier molecular flexibility index (Phi) is 3.05. The minimum absolute atomic E-state index is 0.0220. The van der Waals surface area contributed by atoms with Crippen LogP contribution in [0.3, 0.4) is 0 Å². The van der Waals surface area contributed by atoms with Crippen molar-refractivity contribution in [2.24, 2.45) is 5.73 Å². The van der Waals surface area contributed by atoms with Crippen LogP contribution in [0.1, 0.15) is 0 Å². The van der Waals surface area contributed by atoms with Crippen LogP contribution in [0.25, 0.3) is 0 Å². The molecule has 1 fully saturated rings. The lowest BCUT2D eigenvalue weighted by Gasteiger charge is -2.13. The molecule has 0 spiro atoms. The smallest absolute Gasteiger partial charge is 0.154 e. The van der Waals surface area contributed by atoms with E-state index in [0.29, 0.717) is 13.1 Å². The first kappa shape index (κ1) is 9.91. The minimum atomic E-state index is -3.03. The Labute approximate surface area is 71.9 Å². The molecule has 5 nitrogen and oxygen atoms in total. The zero-order valence-corrected chi connectivity index (χ0v) is 7.55. The van der Waals surface area contributed by atoms with Gasteiger partial charge in [-0.1, -0.05) is 0 Å².